The second-order valence-electron chi connectivity index (χ2n) is 6.42. The van der Waals surface area contributed by atoms with Crippen molar-refractivity contribution in [2.45, 2.75) is 56.8 Å². The van der Waals surface area contributed by atoms with Gasteiger partial charge in [0, 0.05) is 39.4 Å². The molecule has 1 saturated heterocycles. The van der Waals surface area contributed by atoms with Gasteiger partial charge in [-0.15, -0.1) is 0 Å². The largest absolute Gasteiger partial charge is 0.377 e. The second-order valence-corrected chi connectivity index (χ2v) is 6.42. The number of methoxy groups -OCH3 is 2. The SMILES string of the molecule is COC1CN(C2(CN)CCCC(C)CC2)CC1OC. The highest BCUT2D eigenvalue weighted by molar-refractivity contribution is 5.00. The van der Waals surface area contributed by atoms with Gasteiger partial charge in [-0.1, -0.05) is 19.8 Å². The van der Waals surface area contributed by atoms with Crippen LogP contribution in [0.4, 0.5) is 0 Å². The minimum atomic E-state index is 0.175. The smallest absolute Gasteiger partial charge is 0.0972 e. The maximum atomic E-state index is 6.18. The highest BCUT2D eigenvalue weighted by Gasteiger charge is 2.44. The summed E-state index contributed by atoms with van der Waals surface area (Å²) in [4.78, 5) is 2.55. The Labute approximate surface area is 117 Å². The summed E-state index contributed by atoms with van der Waals surface area (Å²) in [5.74, 6) is 0.840. The summed E-state index contributed by atoms with van der Waals surface area (Å²) in [6.45, 7) is 5.04. The molecule has 4 unspecified atom stereocenters. The molecule has 19 heavy (non-hydrogen) atoms. The summed E-state index contributed by atoms with van der Waals surface area (Å²) < 4.78 is 11.1. The van der Waals surface area contributed by atoms with E-state index >= 15 is 0 Å². The van der Waals surface area contributed by atoms with E-state index in [0.717, 1.165) is 25.6 Å². The van der Waals surface area contributed by atoms with Crippen molar-refractivity contribution in [3.63, 3.8) is 0 Å². The first-order chi connectivity index (χ1) is 9.15. The van der Waals surface area contributed by atoms with Crippen LogP contribution in [0.3, 0.4) is 0 Å². The molecule has 4 heteroatoms. The summed E-state index contributed by atoms with van der Waals surface area (Å²) >= 11 is 0. The number of nitrogens with zero attached hydrogens (tertiary/aromatic N) is 1. The Morgan fingerprint density at radius 3 is 2.26 bits per heavy atom. The Kier molecular flexibility index (Phi) is 5.23. The number of hydrogen-bond donors (Lipinski definition) is 1. The lowest BCUT2D eigenvalue weighted by Crippen LogP contribution is -2.53. The molecule has 1 heterocycles. The van der Waals surface area contributed by atoms with E-state index in [1.54, 1.807) is 14.2 Å². The molecule has 2 fully saturated rings. The fourth-order valence-corrected chi connectivity index (χ4v) is 3.80. The van der Waals surface area contributed by atoms with Crippen LogP contribution in [0.5, 0.6) is 0 Å². The fraction of sp³-hybridized carbons (Fsp3) is 1.00. The van der Waals surface area contributed by atoms with Crippen molar-refractivity contribution < 1.29 is 9.47 Å². The first-order valence-electron chi connectivity index (χ1n) is 7.66. The van der Waals surface area contributed by atoms with Crippen molar-refractivity contribution in [1.82, 2.24) is 4.90 Å². The lowest BCUT2D eigenvalue weighted by atomic mass is 9.88. The molecule has 0 aromatic rings. The molecule has 0 aromatic heterocycles. The lowest BCUT2D eigenvalue weighted by Gasteiger charge is -2.41. The molecule has 0 radical (unpaired) electrons. The van der Waals surface area contributed by atoms with Crippen LogP contribution in [0.2, 0.25) is 0 Å². The molecule has 0 spiro atoms. The van der Waals surface area contributed by atoms with Gasteiger partial charge in [0.1, 0.15) is 0 Å². The van der Waals surface area contributed by atoms with Gasteiger partial charge < -0.3 is 15.2 Å². The van der Waals surface area contributed by atoms with Crippen LogP contribution in [-0.2, 0) is 9.47 Å². The van der Waals surface area contributed by atoms with Crippen molar-refractivity contribution >= 4 is 0 Å². The Hall–Kier alpha value is -0.160. The summed E-state index contributed by atoms with van der Waals surface area (Å²) in [7, 11) is 3.56. The zero-order valence-corrected chi connectivity index (χ0v) is 12.7. The molecule has 0 aromatic carbocycles. The summed E-state index contributed by atoms with van der Waals surface area (Å²) in [6, 6.07) is 0. The van der Waals surface area contributed by atoms with Crippen LogP contribution in [0.15, 0.2) is 0 Å². The van der Waals surface area contributed by atoms with Gasteiger partial charge in [0.05, 0.1) is 12.2 Å². The molecular weight excluding hydrogens is 240 g/mol. The fourth-order valence-electron chi connectivity index (χ4n) is 3.80. The van der Waals surface area contributed by atoms with Gasteiger partial charge in [0.15, 0.2) is 0 Å². The molecule has 4 atom stereocenters. The highest BCUT2D eigenvalue weighted by atomic mass is 16.5. The second kappa shape index (κ2) is 6.53. The van der Waals surface area contributed by atoms with Crippen molar-refractivity contribution in [2.75, 3.05) is 33.9 Å². The first kappa shape index (κ1) is 15.2. The van der Waals surface area contributed by atoms with E-state index in [9.17, 15) is 0 Å². The van der Waals surface area contributed by atoms with Gasteiger partial charge >= 0.3 is 0 Å². The summed E-state index contributed by atoms with van der Waals surface area (Å²) in [6.07, 6.45) is 6.76. The Balaban J connectivity index is 2.08. The number of hydrogen-bond acceptors (Lipinski definition) is 4. The Morgan fingerprint density at radius 1 is 1.11 bits per heavy atom. The van der Waals surface area contributed by atoms with Crippen LogP contribution in [-0.4, -0.2) is 56.5 Å². The summed E-state index contributed by atoms with van der Waals surface area (Å²) in [5, 5.41) is 0. The third kappa shape index (κ3) is 3.13. The predicted octanol–water partition coefficient (Wildman–Crippen LogP) is 1.63. The normalized spacial score (nSPS) is 41.4. The molecule has 2 aliphatic rings. The van der Waals surface area contributed by atoms with Gasteiger partial charge in [-0.2, -0.15) is 0 Å². The van der Waals surface area contributed by atoms with Crippen molar-refractivity contribution in [1.29, 1.82) is 0 Å². The molecule has 1 aliphatic heterocycles. The van der Waals surface area contributed by atoms with Crippen LogP contribution in [0, 0.1) is 5.92 Å². The average Bonchev–Trinajstić information content (AvgIpc) is 2.77. The molecule has 1 saturated carbocycles. The average molecular weight is 270 g/mol. The Morgan fingerprint density at radius 2 is 1.74 bits per heavy atom. The van der Waals surface area contributed by atoms with Gasteiger partial charge in [-0.25, -0.2) is 0 Å². The van der Waals surface area contributed by atoms with E-state index in [-0.39, 0.29) is 17.7 Å². The first-order valence-corrected chi connectivity index (χ1v) is 7.66. The van der Waals surface area contributed by atoms with Gasteiger partial charge in [0.25, 0.3) is 0 Å². The molecule has 0 amide bonds. The topological polar surface area (TPSA) is 47.7 Å². The predicted molar refractivity (Wildman–Crippen MR) is 77.2 cm³/mol. The lowest BCUT2D eigenvalue weighted by molar-refractivity contribution is -0.00461. The van der Waals surface area contributed by atoms with E-state index in [2.05, 4.69) is 11.8 Å². The molecule has 4 nitrogen and oxygen atoms in total. The van der Waals surface area contributed by atoms with Crippen LogP contribution < -0.4 is 5.73 Å². The maximum Gasteiger partial charge on any atom is 0.0972 e. The van der Waals surface area contributed by atoms with Crippen molar-refractivity contribution in [3.8, 4) is 0 Å². The van der Waals surface area contributed by atoms with Crippen LogP contribution in [0.25, 0.3) is 0 Å². The van der Waals surface area contributed by atoms with Crippen molar-refractivity contribution in [3.05, 3.63) is 0 Å². The van der Waals surface area contributed by atoms with Gasteiger partial charge in [0.2, 0.25) is 0 Å². The van der Waals surface area contributed by atoms with Crippen LogP contribution in [0.1, 0.15) is 39.0 Å². The van der Waals surface area contributed by atoms with Crippen LogP contribution >= 0.6 is 0 Å². The zero-order chi connectivity index (χ0) is 13.9. The monoisotopic (exact) mass is 270 g/mol. The van der Waals surface area contributed by atoms with E-state index in [1.807, 2.05) is 0 Å². The van der Waals surface area contributed by atoms with E-state index in [4.69, 9.17) is 15.2 Å². The van der Waals surface area contributed by atoms with Gasteiger partial charge in [-0.3, -0.25) is 4.90 Å². The van der Waals surface area contributed by atoms with E-state index in [1.165, 1.54) is 32.1 Å². The standard InChI is InChI=1S/C15H30N2O2/c1-12-5-4-7-15(11-16,8-6-12)17-9-13(18-2)14(10-17)19-3/h12-14H,4-11,16H2,1-3H3. The molecule has 2 N–H and O–H groups in total. The van der Waals surface area contributed by atoms with Gasteiger partial charge in [-0.05, 0) is 25.2 Å². The number of nitrogens with two attached hydrogens (primary N) is 1. The molecule has 1 aliphatic carbocycles. The minimum Gasteiger partial charge on any atom is -0.377 e. The Bertz CT molecular complexity index is 275. The number of likely N-dealkylation sites (tertiary alicyclic amines) is 1. The number of ether oxygens (including phenoxy) is 2. The molecule has 112 valence electrons. The third-order valence-electron chi connectivity index (χ3n) is 5.31. The number of rotatable bonds is 4. The minimum absolute atomic E-state index is 0.175. The summed E-state index contributed by atoms with van der Waals surface area (Å²) in [5.41, 5.74) is 6.36. The van der Waals surface area contributed by atoms with E-state index in [0.29, 0.717) is 0 Å². The molecule has 2 rings (SSSR count). The quantitative estimate of drug-likeness (QED) is 0.789. The zero-order valence-electron chi connectivity index (χ0n) is 12.7. The van der Waals surface area contributed by atoms with E-state index < -0.39 is 0 Å². The van der Waals surface area contributed by atoms with Crippen molar-refractivity contribution in [2.24, 2.45) is 11.7 Å². The maximum absolute atomic E-state index is 6.18. The highest BCUT2D eigenvalue weighted by Crippen LogP contribution is 2.36. The molecule has 0 bridgehead atoms. The third-order valence-corrected chi connectivity index (χ3v) is 5.31. The molecular formula is C15H30N2O2.